The van der Waals surface area contributed by atoms with Crippen LogP contribution in [0.3, 0.4) is 0 Å². The van der Waals surface area contributed by atoms with Crippen molar-refractivity contribution in [1.29, 1.82) is 0 Å². The zero-order valence-corrected chi connectivity index (χ0v) is 7.23. The zero-order chi connectivity index (χ0) is 6.91. The van der Waals surface area contributed by atoms with Crippen molar-refractivity contribution in [2.24, 2.45) is 0 Å². The highest BCUT2D eigenvalue weighted by Gasteiger charge is 2.51. The Morgan fingerprint density at radius 2 is 2.00 bits per heavy atom. The SMILES string of the molecule is ClCCC[C]1CC1(Cl)Cl. The second-order valence-electron chi connectivity index (χ2n) is 2.28. The summed E-state index contributed by atoms with van der Waals surface area (Å²) in [5.74, 6) is 1.94. The molecule has 9 heavy (non-hydrogen) atoms. The fraction of sp³-hybridized carbons (Fsp3) is 0.833. The molecule has 1 rings (SSSR count). The molecule has 0 unspecified atom stereocenters. The van der Waals surface area contributed by atoms with E-state index in [2.05, 4.69) is 0 Å². The molecular formula is C6H8Cl3. The summed E-state index contributed by atoms with van der Waals surface area (Å²) in [5.41, 5.74) is 0. The van der Waals surface area contributed by atoms with Gasteiger partial charge in [0.05, 0.1) is 0 Å². The van der Waals surface area contributed by atoms with E-state index in [9.17, 15) is 0 Å². The van der Waals surface area contributed by atoms with Crippen LogP contribution in [0.5, 0.6) is 0 Å². The van der Waals surface area contributed by atoms with Crippen molar-refractivity contribution in [2.75, 3.05) is 5.88 Å². The van der Waals surface area contributed by atoms with Crippen LogP contribution in [0.25, 0.3) is 0 Å². The van der Waals surface area contributed by atoms with Crippen LogP contribution in [0, 0.1) is 5.92 Å². The lowest BCUT2D eigenvalue weighted by Crippen LogP contribution is -1.88. The van der Waals surface area contributed by atoms with Crippen molar-refractivity contribution in [3.63, 3.8) is 0 Å². The summed E-state index contributed by atoms with van der Waals surface area (Å²) >= 11 is 16.9. The van der Waals surface area contributed by atoms with E-state index >= 15 is 0 Å². The molecule has 0 aromatic heterocycles. The Kier molecular flexibility index (Phi) is 2.53. The molecule has 1 aliphatic rings. The van der Waals surface area contributed by atoms with Crippen molar-refractivity contribution in [1.82, 2.24) is 0 Å². The lowest BCUT2D eigenvalue weighted by molar-refractivity contribution is 0.884. The molecule has 0 nitrogen and oxygen atoms in total. The molecule has 0 atom stereocenters. The van der Waals surface area contributed by atoms with E-state index in [0.717, 1.165) is 19.3 Å². The fourth-order valence-corrected chi connectivity index (χ4v) is 1.42. The van der Waals surface area contributed by atoms with Gasteiger partial charge in [0.1, 0.15) is 4.33 Å². The molecule has 0 saturated heterocycles. The highest BCUT2D eigenvalue weighted by Crippen LogP contribution is 2.57. The number of hydrogen-bond donors (Lipinski definition) is 0. The third kappa shape index (κ3) is 2.18. The molecule has 0 spiro atoms. The highest BCUT2D eigenvalue weighted by molar-refractivity contribution is 6.53. The summed E-state index contributed by atoms with van der Waals surface area (Å²) in [6, 6.07) is 0. The van der Waals surface area contributed by atoms with Crippen LogP contribution in [0.4, 0.5) is 0 Å². The van der Waals surface area contributed by atoms with Crippen molar-refractivity contribution in [2.45, 2.75) is 23.6 Å². The van der Waals surface area contributed by atoms with E-state index in [4.69, 9.17) is 34.8 Å². The second-order valence-corrected chi connectivity index (χ2v) is 4.14. The molecule has 1 radical (unpaired) electrons. The zero-order valence-electron chi connectivity index (χ0n) is 4.96. The van der Waals surface area contributed by atoms with E-state index in [1.807, 2.05) is 0 Å². The van der Waals surface area contributed by atoms with E-state index < -0.39 is 4.33 Å². The summed E-state index contributed by atoms with van der Waals surface area (Å²) in [6.07, 6.45) is 2.86. The fourth-order valence-electron chi connectivity index (χ4n) is 0.775. The van der Waals surface area contributed by atoms with Gasteiger partial charge in [-0.2, -0.15) is 0 Å². The first-order chi connectivity index (χ1) is 4.17. The predicted octanol–water partition coefficient (Wildman–Crippen LogP) is 3.16. The molecular weight excluding hydrogens is 178 g/mol. The quantitative estimate of drug-likeness (QED) is 0.594. The monoisotopic (exact) mass is 185 g/mol. The topological polar surface area (TPSA) is 0 Å². The van der Waals surface area contributed by atoms with Gasteiger partial charge in [-0.1, -0.05) is 0 Å². The molecule has 0 amide bonds. The lowest BCUT2D eigenvalue weighted by Gasteiger charge is -1.94. The van der Waals surface area contributed by atoms with Crippen molar-refractivity contribution in [3.05, 3.63) is 5.92 Å². The summed E-state index contributed by atoms with van der Waals surface area (Å²) in [4.78, 5) is 0. The Labute approximate surface area is 70.5 Å². The maximum absolute atomic E-state index is 5.73. The Balaban J connectivity index is 2.06. The minimum atomic E-state index is -0.480. The maximum Gasteiger partial charge on any atom is 0.125 e. The maximum atomic E-state index is 5.73. The first kappa shape index (κ1) is 7.97. The van der Waals surface area contributed by atoms with Gasteiger partial charge in [-0.3, -0.25) is 0 Å². The van der Waals surface area contributed by atoms with Crippen molar-refractivity contribution < 1.29 is 0 Å². The van der Waals surface area contributed by atoms with Gasteiger partial charge in [-0.25, -0.2) is 0 Å². The van der Waals surface area contributed by atoms with Gasteiger partial charge in [0.25, 0.3) is 0 Å². The standard InChI is InChI=1S/C6H8Cl3/c7-3-1-2-5-4-6(5,8)9/h1-4H2. The van der Waals surface area contributed by atoms with Gasteiger partial charge < -0.3 is 0 Å². The number of rotatable bonds is 3. The molecule has 0 bridgehead atoms. The molecule has 0 heterocycles. The minimum Gasteiger partial charge on any atom is -0.127 e. The first-order valence-corrected chi connectivity index (χ1v) is 4.25. The number of hydrogen-bond acceptors (Lipinski definition) is 0. The van der Waals surface area contributed by atoms with Gasteiger partial charge in [-0.05, 0) is 19.3 Å². The average molecular weight is 186 g/mol. The van der Waals surface area contributed by atoms with Crippen LogP contribution in [0.2, 0.25) is 0 Å². The van der Waals surface area contributed by atoms with Crippen LogP contribution in [-0.2, 0) is 0 Å². The molecule has 53 valence electrons. The smallest absolute Gasteiger partial charge is 0.125 e. The molecule has 1 saturated carbocycles. The molecule has 1 aliphatic carbocycles. The van der Waals surface area contributed by atoms with Crippen LogP contribution >= 0.6 is 34.8 Å². The third-order valence-electron chi connectivity index (χ3n) is 1.44. The average Bonchev–Trinajstić information content (AvgIpc) is 2.35. The van der Waals surface area contributed by atoms with E-state index in [-0.39, 0.29) is 0 Å². The summed E-state index contributed by atoms with van der Waals surface area (Å²) < 4.78 is -0.480. The molecule has 0 aliphatic heterocycles. The van der Waals surface area contributed by atoms with Gasteiger partial charge in [0.2, 0.25) is 0 Å². The normalized spacial score (nSPS) is 24.3. The first-order valence-electron chi connectivity index (χ1n) is 2.96. The van der Waals surface area contributed by atoms with Crippen LogP contribution in [-0.4, -0.2) is 10.2 Å². The summed E-state index contributed by atoms with van der Waals surface area (Å²) in [6.45, 7) is 0. The van der Waals surface area contributed by atoms with E-state index in [1.165, 1.54) is 5.92 Å². The highest BCUT2D eigenvalue weighted by atomic mass is 35.5. The summed E-state index contributed by atoms with van der Waals surface area (Å²) in [7, 11) is 0. The lowest BCUT2D eigenvalue weighted by atomic mass is 10.2. The largest absolute Gasteiger partial charge is 0.127 e. The molecule has 0 aromatic rings. The number of alkyl halides is 3. The van der Waals surface area contributed by atoms with Crippen molar-refractivity contribution in [3.8, 4) is 0 Å². The van der Waals surface area contributed by atoms with Gasteiger partial charge in [0, 0.05) is 11.8 Å². The van der Waals surface area contributed by atoms with E-state index in [0.29, 0.717) is 5.88 Å². The van der Waals surface area contributed by atoms with Crippen LogP contribution in [0.15, 0.2) is 0 Å². The molecule has 3 heteroatoms. The number of halogens is 3. The Morgan fingerprint density at radius 3 is 2.33 bits per heavy atom. The van der Waals surface area contributed by atoms with Gasteiger partial charge in [0.15, 0.2) is 0 Å². The van der Waals surface area contributed by atoms with Gasteiger partial charge in [-0.15, -0.1) is 34.8 Å². The Bertz CT molecular complexity index is 100. The molecule has 1 fully saturated rings. The second kappa shape index (κ2) is 2.86. The Hall–Kier alpha value is 0.870. The van der Waals surface area contributed by atoms with Crippen LogP contribution < -0.4 is 0 Å². The summed E-state index contributed by atoms with van der Waals surface area (Å²) in [5, 5.41) is 0. The van der Waals surface area contributed by atoms with Crippen molar-refractivity contribution >= 4 is 34.8 Å². The predicted molar refractivity (Wildman–Crippen MR) is 42.3 cm³/mol. The minimum absolute atomic E-state index is 0.480. The van der Waals surface area contributed by atoms with Crippen LogP contribution in [0.1, 0.15) is 19.3 Å². The molecule has 0 aromatic carbocycles. The van der Waals surface area contributed by atoms with E-state index in [1.54, 1.807) is 0 Å². The Morgan fingerprint density at radius 1 is 1.44 bits per heavy atom. The van der Waals surface area contributed by atoms with Gasteiger partial charge >= 0.3 is 0 Å². The molecule has 0 N–H and O–H groups in total. The third-order valence-corrected chi connectivity index (χ3v) is 2.51.